The van der Waals surface area contributed by atoms with E-state index in [1.165, 1.54) is 12.8 Å². The molecule has 1 aliphatic heterocycles. The normalized spacial score (nSPS) is 17.9. The second-order valence-electron chi connectivity index (χ2n) is 11.7. The Morgan fingerprint density at radius 3 is 2.62 bits per heavy atom. The van der Waals surface area contributed by atoms with Crippen LogP contribution in [0.1, 0.15) is 75.8 Å². The summed E-state index contributed by atoms with van der Waals surface area (Å²) in [5, 5.41) is 3.28. The number of hydrogen-bond acceptors (Lipinski definition) is 7. The Morgan fingerprint density at radius 1 is 1.11 bits per heavy atom. The quantitative estimate of drug-likeness (QED) is 0.367. The highest BCUT2D eigenvalue weighted by molar-refractivity contribution is 7.10. The molecular weight excluding hydrogens is 482 g/mol. The average Bonchev–Trinajstić information content (AvgIpc) is 3.28. The molecule has 0 N–H and O–H groups in total. The number of likely N-dealkylation sites (tertiary alicyclic amines) is 1. The van der Waals surface area contributed by atoms with Crippen LogP contribution in [0.5, 0.6) is 0 Å². The third kappa shape index (κ3) is 4.77. The van der Waals surface area contributed by atoms with Gasteiger partial charge in [0.05, 0.1) is 28.4 Å². The van der Waals surface area contributed by atoms with E-state index in [4.69, 9.17) is 15.0 Å². The summed E-state index contributed by atoms with van der Waals surface area (Å²) in [6.45, 7) is 10.5. The van der Waals surface area contributed by atoms with Crippen molar-refractivity contribution in [3.63, 3.8) is 0 Å². The van der Waals surface area contributed by atoms with Crippen LogP contribution in [0.25, 0.3) is 22.6 Å². The Morgan fingerprint density at radius 2 is 1.89 bits per heavy atom. The van der Waals surface area contributed by atoms with Crippen molar-refractivity contribution >= 4 is 28.4 Å². The summed E-state index contributed by atoms with van der Waals surface area (Å²) >= 11 is 1.71. The first-order valence-electron chi connectivity index (χ1n) is 13.1. The second-order valence-corrected chi connectivity index (χ2v) is 12.6. The Bertz CT molecular complexity index is 1430. The number of fused-ring (bicyclic) bond motifs is 1. The molecule has 6 rings (SSSR count). The first kappa shape index (κ1) is 24.2. The van der Waals surface area contributed by atoms with Gasteiger partial charge in [-0.05, 0) is 43.9 Å². The van der Waals surface area contributed by atoms with Gasteiger partial charge in [-0.3, -0.25) is 4.79 Å². The first-order chi connectivity index (χ1) is 17.7. The van der Waals surface area contributed by atoms with Gasteiger partial charge in [-0.2, -0.15) is 0 Å². The maximum absolute atomic E-state index is 13.0. The Balaban J connectivity index is 1.14. The molecule has 0 radical (unpaired) electrons. The number of carbonyl (C=O) groups is 1. The molecule has 4 aromatic heterocycles. The highest BCUT2D eigenvalue weighted by Gasteiger charge is 2.41. The van der Waals surface area contributed by atoms with E-state index in [-0.39, 0.29) is 23.3 Å². The van der Waals surface area contributed by atoms with Gasteiger partial charge in [0.25, 0.3) is 0 Å². The number of thiazole rings is 1. The maximum Gasteiger partial charge on any atom is 0.242 e. The van der Waals surface area contributed by atoms with Crippen LogP contribution < -0.4 is 0 Å². The van der Waals surface area contributed by atoms with E-state index in [1.807, 2.05) is 21.6 Å². The van der Waals surface area contributed by atoms with Gasteiger partial charge in [0.1, 0.15) is 17.9 Å². The molecule has 8 nitrogen and oxygen atoms in total. The summed E-state index contributed by atoms with van der Waals surface area (Å²) in [5.41, 5.74) is 4.63. The molecule has 1 saturated carbocycles. The lowest BCUT2D eigenvalue weighted by Gasteiger charge is -2.31. The molecule has 0 bridgehead atoms. The van der Waals surface area contributed by atoms with E-state index in [1.54, 1.807) is 23.9 Å². The lowest BCUT2D eigenvalue weighted by Crippen LogP contribution is -2.39. The van der Waals surface area contributed by atoms with Crippen LogP contribution in [0.15, 0.2) is 36.1 Å². The van der Waals surface area contributed by atoms with E-state index >= 15 is 0 Å². The number of carbonyl (C=O) groups excluding carboxylic acids is 1. The van der Waals surface area contributed by atoms with E-state index in [0.29, 0.717) is 5.92 Å². The summed E-state index contributed by atoms with van der Waals surface area (Å²) < 4.78 is 1.83. The smallest absolute Gasteiger partial charge is 0.242 e. The molecule has 5 heterocycles. The molecule has 1 aliphatic carbocycles. The van der Waals surface area contributed by atoms with Crippen LogP contribution in [-0.4, -0.2) is 53.4 Å². The predicted octanol–water partition coefficient (Wildman–Crippen LogP) is 5.10. The summed E-state index contributed by atoms with van der Waals surface area (Å²) in [6.07, 6.45) is 7.63. The molecule has 4 aromatic rings. The predicted molar refractivity (Wildman–Crippen MR) is 145 cm³/mol. The summed E-state index contributed by atoms with van der Waals surface area (Å²) in [5.74, 6) is 1.36. The topological polar surface area (TPSA) is 89.7 Å². The number of imidazole rings is 1. The van der Waals surface area contributed by atoms with Gasteiger partial charge in [0.2, 0.25) is 5.91 Å². The fraction of sp³-hybridized carbons (Fsp3) is 0.500. The number of hydrogen-bond donors (Lipinski definition) is 0. The van der Waals surface area contributed by atoms with Crippen LogP contribution in [0.3, 0.4) is 0 Å². The van der Waals surface area contributed by atoms with Crippen LogP contribution in [0.2, 0.25) is 0 Å². The van der Waals surface area contributed by atoms with Crippen LogP contribution >= 0.6 is 11.3 Å². The van der Waals surface area contributed by atoms with Gasteiger partial charge in [-0.15, -0.1) is 11.3 Å². The Hall–Kier alpha value is -3.20. The van der Waals surface area contributed by atoms with Gasteiger partial charge in [0, 0.05) is 41.4 Å². The Labute approximate surface area is 221 Å². The number of nitrogens with zero attached hydrogens (tertiary/aromatic N) is 7. The molecular formula is C28H33N7OS. The van der Waals surface area contributed by atoms with Gasteiger partial charge in [-0.1, -0.05) is 27.7 Å². The second kappa shape index (κ2) is 8.97. The summed E-state index contributed by atoms with van der Waals surface area (Å²) in [4.78, 5) is 38.6. The van der Waals surface area contributed by atoms with Crippen molar-refractivity contribution in [3.05, 3.63) is 52.6 Å². The molecule has 0 spiro atoms. The molecule has 0 atom stereocenters. The molecule has 0 aromatic carbocycles. The fourth-order valence-corrected chi connectivity index (χ4v) is 5.88. The molecule has 37 heavy (non-hydrogen) atoms. The molecule has 2 fully saturated rings. The third-order valence-corrected chi connectivity index (χ3v) is 8.68. The van der Waals surface area contributed by atoms with Gasteiger partial charge < -0.3 is 9.47 Å². The van der Waals surface area contributed by atoms with Crippen molar-refractivity contribution in [2.24, 2.45) is 0 Å². The number of rotatable bonds is 5. The summed E-state index contributed by atoms with van der Waals surface area (Å²) in [7, 11) is 0. The monoisotopic (exact) mass is 515 g/mol. The van der Waals surface area contributed by atoms with Crippen molar-refractivity contribution in [3.8, 4) is 11.4 Å². The Kier molecular flexibility index (Phi) is 5.86. The molecule has 192 valence electrons. The number of pyridine rings is 1. The first-order valence-corrected chi connectivity index (χ1v) is 14.0. The highest BCUT2D eigenvalue weighted by Crippen LogP contribution is 2.47. The third-order valence-electron chi connectivity index (χ3n) is 7.68. The molecule has 1 amide bonds. The minimum Gasteiger partial charge on any atom is -0.341 e. The van der Waals surface area contributed by atoms with E-state index < -0.39 is 0 Å². The lowest BCUT2D eigenvalue weighted by atomic mass is 9.94. The van der Waals surface area contributed by atoms with E-state index in [9.17, 15) is 4.79 Å². The van der Waals surface area contributed by atoms with Gasteiger partial charge in [0.15, 0.2) is 5.65 Å². The average molecular weight is 516 g/mol. The largest absolute Gasteiger partial charge is 0.341 e. The van der Waals surface area contributed by atoms with Gasteiger partial charge in [-0.25, -0.2) is 24.9 Å². The van der Waals surface area contributed by atoms with Crippen molar-refractivity contribution < 1.29 is 4.79 Å². The molecule has 1 saturated heterocycles. The zero-order valence-electron chi connectivity index (χ0n) is 21.9. The van der Waals surface area contributed by atoms with Crippen LogP contribution in [-0.2, 0) is 22.2 Å². The number of amides is 1. The van der Waals surface area contributed by atoms with Crippen molar-refractivity contribution in [2.45, 2.75) is 76.7 Å². The molecule has 9 heteroatoms. The van der Waals surface area contributed by atoms with Crippen LogP contribution in [0.4, 0.5) is 0 Å². The minimum absolute atomic E-state index is 0.111. The van der Waals surface area contributed by atoms with Crippen molar-refractivity contribution in [2.75, 3.05) is 13.1 Å². The van der Waals surface area contributed by atoms with Crippen LogP contribution in [0, 0.1) is 0 Å². The zero-order chi connectivity index (χ0) is 25.8. The summed E-state index contributed by atoms with van der Waals surface area (Å²) in [6, 6.07) is 5.92. The van der Waals surface area contributed by atoms with Gasteiger partial charge >= 0.3 is 0 Å². The number of piperidine rings is 1. The van der Waals surface area contributed by atoms with E-state index in [0.717, 1.165) is 65.0 Å². The lowest BCUT2D eigenvalue weighted by molar-refractivity contribution is -0.132. The molecule has 2 aliphatic rings. The van der Waals surface area contributed by atoms with E-state index in [2.05, 4.69) is 49.1 Å². The number of aromatic nitrogens is 6. The highest BCUT2D eigenvalue weighted by atomic mass is 32.1. The zero-order valence-corrected chi connectivity index (χ0v) is 22.8. The maximum atomic E-state index is 13.0. The standard InChI is InChI=1S/C28H33N7OS/c1-27(2,3)26-32-20(14-22(33-26)28(4)9-10-28)21-16-37-25(31-21)18-7-12-34(13-8-18)23(36)15-35-17-30-19-6-5-11-29-24(19)35/h5-6,11,14,16-18H,7-10,12-13,15H2,1-4H3. The molecule has 0 unspecified atom stereocenters. The minimum atomic E-state index is -0.118. The fourth-order valence-electron chi connectivity index (χ4n) is 4.89. The van der Waals surface area contributed by atoms with Crippen molar-refractivity contribution in [1.82, 2.24) is 34.4 Å². The SMILES string of the molecule is CC(C)(C)c1nc(-c2csc(C3CCN(C(=O)Cn4cnc5cccnc54)CC3)n2)cc(C2(C)CC2)n1. The van der Waals surface area contributed by atoms with Crippen molar-refractivity contribution in [1.29, 1.82) is 0 Å².